The third kappa shape index (κ3) is 9.01. The van der Waals surface area contributed by atoms with Crippen LogP contribution in [-0.4, -0.2) is 35.5 Å². The van der Waals surface area contributed by atoms with Gasteiger partial charge in [-0.15, -0.1) is 0 Å². The normalized spacial score (nSPS) is 13.7. The minimum Gasteiger partial charge on any atom is -0.480 e. The molecule has 0 fully saturated rings. The summed E-state index contributed by atoms with van der Waals surface area (Å²) in [6.45, 7) is 4.72. The van der Waals surface area contributed by atoms with Gasteiger partial charge in [0.25, 0.3) is 0 Å². The molecule has 0 aliphatic carbocycles. The van der Waals surface area contributed by atoms with Gasteiger partial charge in [-0.2, -0.15) is 0 Å². The SMILES string of the molecule is CC(C)C(CCN)CCC(=O)N[C@@H](CCC(N)=O)C(=O)O. The minimum atomic E-state index is -1.16. The quantitative estimate of drug-likeness (QED) is 0.433. The maximum atomic E-state index is 11.8. The lowest BCUT2D eigenvalue weighted by atomic mass is 9.88. The molecular weight excluding hydrogens is 274 g/mol. The predicted octanol–water partition coefficient (Wildman–Crippen LogP) is 0.223. The molecule has 0 bridgehead atoms. The van der Waals surface area contributed by atoms with E-state index in [1.807, 2.05) is 0 Å². The Morgan fingerprint density at radius 2 is 1.71 bits per heavy atom. The van der Waals surface area contributed by atoms with E-state index in [4.69, 9.17) is 16.6 Å². The maximum Gasteiger partial charge on any atom is 0.326 e. The second-order valence-corrected chi connectivity index (χ2v) is 5.58. The molecule has 0 heterocycles. The molecule has 0 aromatic heterocycles. The van der Waals surface area contributed by atoms with Crippen LogP contribution in [-0.2, 0) is 14.4 Å². The molecule has 0 aromatic rings. The molecule has 6 N–H and O–H groups in total. The molecule has 0 rings (SSSR count). The number of hydrogen-bond donors (Lipinski definition) is 4. The molecule has 0 radical (unpaired) electrons. The van der Waals surface area contributed by atoms with Crippen LogP contribution in [0.2, 0.25) is 0 Å². The zero-order valence-corrected chi connectivity index (χ0v) is 12.8. The third-order valence-corrected chi connectivity index (χ3v) is 3.54. The van der Waals surface area contributed by atoms with Crippen molar-refractivity contribution in [2.45, 2.75) is 52.0 Å². The van der Waals surface area contributed by atoms with Crippen molar-refractivity contribution in [3.8, 4) is 0 Å². The second kappa shape index (κ2) is 10.1. The molecule has 0 aliphatic heterocycles. The largest absolute Gasteiger partial charge is 0.480 e. The first-order chi connectivity index (χ1) is 9.77. The Balaban J connectivity index is 4.30. The number of carboxylic acids is 1. The zero-order chi connectivity index (χ0) is 16.4. The van der Waals surface area contributed by atoms with Crippen molar-refractivity contribution in [2.24, 2.45) is 23.3 Å². The van der Waals surface area contributed by atoms with Crippen LogP contribution in [0.5, 0.6) is 0 Å². The first kappa shape index (κ1) is 19.4. The Labute approximate surface area is 125 Å². The lowest BCUT2D eigenvalue weighted by Gasteiger charge is -2.20. The van der Waals surface area contributed by atoms with Crippen molar-refractivity contribution < 1.29 is 19.5 Å². The van der Waals surface area contributed by atoms with Gasteiger partial charge in [-0.05, 0) is 37.6 Å². The number of carbonyl (C=O) groups is 3. The highest BCUT2D eigenvalue weighted by molar-refractivity contribution is 5.84. The van der Waals surface area contributed by atoms with Crippen LogP contribution in [0.4, 0.5) is 0 Å². The molecular formula is C14H27N3O4. The highest BCUT2D eigenvalue weighted by Gasteiger charge is 2.21. The van der Waals surface area contributed by atoms with E-state index in [1.165, 1.54) is 0 Å². The summed E-state index contributed by atoms with van der Waals surface area (Å²) in [5, 5.41) is 11.4. The molecule has 2 atom stereocenters. The van der Waals surface area contributed by atoms with Gasteiger partial charge in [0, 0.05) is 12.8 Å². The summed E-state index contributed by atoms with van der Waals surface area (Å²) >= 11 is 0. The van der Waals surface area contributed by atoms with Crippen molar-refractivity contribution in [1.82, 2.24) is 5.32 Å². The van der Waals surface area contributed by atoms with Crippen molar-refractivity contribution in [3.63, 3.8) is 0 Å². The third-order valence-electron chi connectivity index (χ3n) is 3.54. The van der Waals surface area contributed by atoms with Crippen molar-refractivity contribution >= 4 is 17.8 Å². The Kier molecular flexibility index (Phi) is 9.36. The predicted molar refractivity (Wildman–Crippen MR) is 79.2 cm³/mol. The van der Waals surface area contributed by atoms with Crippen LogP contribution in [0, 0.1) is 11.8 Å². The van der Waals surface area contributed by atoms with Crippen molar-refractivity contribution in [2.75, 3.05) is 6.54 Å². The topological polar surface area (TPSA) is 136 Å². The highest BCUT2D eigenvalue weighted by atomic mass is 16.4. The van der Waals surface area contributed by atoms with E-state index in [9.17, 15) is 14.4 Å². The first-order valence-corrected chi connectivity index (χ1v) is 7.28. The molecule has 21 heavy (non-hydrogen) atoms. The molecule has 7 heteroatoms. The van der Waals surface area contributed by atoms with Gasteiger partial charge in [-0.1, -0.05) is 13.8 Å². The summed E-state index contributed by atoms with van der Waals surface area (Å²) in [6.07, 6.45) is 1.70. The van der Waals surface area contributed by atoms with Crippen molar-refractivity contribution in [1.29, 1.82) is 0 Å². The Morgan fingerprint density at radius 3 is 2.14 bits per heavy atom. The monoisotopic (exact) mass is 301 g/mol. The van der Waals surface area contributed by atoms with Crippen LogP contribution in [0.1, 0.15) is 46.0 Å². The molecule has 122 valence electrons. The van der Waals surface area contributed by atoms with Gasteiger partial charge in [0.05, 0.1) is 0 Å². The number of nitrogens with one attached hydrogen (secondary N) is 1. The molecule has 0 aromatic carbocycles. The number of hydrogen-bond acceptors (Lipinski definition) is 4. The number of carboxylic acid groups (broad SMARTS) is 1. The van der Waals surface area contributed by atoms with E-state index in [1.54, 1.807) is 0 Å². The second-order valence-electron chi connectivity index (χ2n) is 5.58. The number of carbonyl (C=O) groups excluding carboxylic acids is 2. The van der Waals surface area contributed by atoms with E-state index in [0.29, 0.717) is 24.8 Å². The molecule has 0 saturated carbocycles. The smallest absolute Gasteiger partial charge is 0.326 e. The van der Waals surface area contributed by atoms with Gasteiger partial charge in [0.2, 0.25) is 11.8 Å². The molecule has 0 spiro atoms. The summed E-state index contributed by atoms with van der Waals surface area (Å²) < 4.78 is 0. The van der Waals surface area contributed by atoms with Gasteiger partial charge < -0.3 is 21.9 Å². The molecule has 0 aliphatic rings. The number of amides is 2. The molecule has 7 nitrogen and oxygen atoms in total. The maximum absolute atomic E-state index is 11.8. The standard InChI is InChI=1S/C14H27N3O4/c1-9(2)10(7-8-15)3-6-13(19)17-11(14(20)21)4-5-12(16)18/h9-11H,3-8,15H2,1-2H3,(H2,16,18)(H,17,19)(H,20,21)/t10?,11-/m0/s1. The summed E-state index contributed by atoms with van der Waals surface area (Å²) in [5.74, 6) is -1.30. The Morgan fingerprint density at radius 1 is 1.10 bits per heavy atom. The molecule has 1 unspecified atom stereocenters. The Hall–Kier alpha value is -1.63. The summed E-state index contributed by atoms with van der Waals surface area (Å²) in [7, 11) is 0. The van der Waals surface area contributed by atoms with Crippen LogP contribution in [0.15, 0.2) is 0 Å². The number of rotatable bonds is 11. The van der Waals surface area contributed by atoms with Gasteiger partial charge in [0.15, 0.2) is 0 Å². The van der Waals surface area contributed by atoms with Crippen molar-refractivity contribution in [3.05, 3.63) is 0 Å². The van der Waals surface area contributed by atoms with Crippen LogP contribution in [0.3, 0.4) is 0 Å². The van der Waals surface area contributed by atoms with Gasteiger partial charge in [0.1, 0.15) is 6.04 Å². The van der Waals surface area contributed by atoms with E-state index >= 15 is 0 Å². The van der Waals surface area contributed by atoms with E-state index < -0.39 is 17.9 Å². The summed E-state index contributed by atoms with van der Waals surface area (Å²) in [4.78, 5) is 33.5. The lowest BCUT2D eigenvalue weighted by molar-refractivity contribution is -0.142. The number of primary amides is 1. The zero-order valence-electron chi connectivity index (χ0n) is 12.8. The summed E-state index contributed by atoms with van der Waals surface area (Å²) in [5.41, 5.74) is 10.5. The van der Waals surface area contributed by atoms with E-state index in [2.05, 4.69) is 19.2 Å². The van der Waals surface area contributed by atoms with E-state index in [0.717, 1.165) is 6.42 Å². The average molecular weight is 301 g/mol. The fraction of sp³-hybridized carbons (Fsp3) is 0.786. The van der Waals surface area contributed by atoms with Crippen LogP contribution >= 0.6 is 0 Å². The minimum absolute atomic E-state index is 0.00676. The van der Waals surface area contributed by atoms with Gasteiger partial charge in [-0.25, -0.2) is 4.79 Å². The van der Waals surface area contributed by atoms with Crippen LogP contribution in [0.25, 0.3) is 0 Å². The van der Waals surface area contributed by atoms with E-state index in [-0.39, 0.29) is 25.2 Å². The molecule has 2 amide bonds. The number of nitrogens with two attached hydrogens (primary N) is 2. The average Bonchev–Trinajstić information content (AvgIpc) is 2.38. The first-order valence-electron chi connectivity index (χ1n) is 7.28. The summed E-state index contributed by atoms with van der Waals surface area (Å²) in [6, 6.07) is -1.07. The molecule has 0 saturated heterocycles. The van der Waals surface area contributed by atoms with Crippen LogP contribution < -0.4 is 16.8 Å². The van der Waals surface area contributed by atoms with Gasteiger partial charge >= 0.3 is 5.97 Å². The Bertz CT molecular complexity index is 358. The lowest BCUT2D eigenvalue weighted by Crippen LogP contribution is -2.41. The number of aliphatic carboxylic acids is 1. The van der Waals surface area contributed by atoms with Gasteiger partial charge in [-0.3, -0.25) is 9.59 Å². The fourth-order valence-corrected chi connectivity index (χ4v) is 2.15. The highest BCUT2D eigenvalue weighted by Crippen LogP contribution is 2.20. The fourth-order valence-electron chi connectivity index (χ4n) is 2.15.